The van der Waals surface area contributed by atoms with Crippen LogP contribution < -0.4 is 5.43 Å². The second-order valence-electron chi connectivity index (χ2n) is 3.72. The van der Waals surface area contributed by atoms with Gasteiger partial charge in [0.05, 0.1) is 12.6 Å². The largest absolute Gasteiger partial charge is 0.395 e. The van der Waals surface area contributed by atoms with Gasteiger partial charge in [-0.2, -0.15) is 0 Å². The standard InChI is InChI=1S/C11H13ClN2O2/c12-9-3-1-8(2-4-9)10-7-11(16)13-14(10)5-6-15/h1-4,10,15H,5-7H2,(H,13,16). The zero-order valence-corrected chi connectivity index (χ0v) is 9.44. The molecule has 16 heavy (non-hydrogen) atoms. The van der Waals surface area contributed by atoms with Crippen molar-refractivity contribution in [3.8, 4) is 0 Å². The highest BCUT2D eigenvalue weighted by Gasteiger charge is 2.30. The Balaban J connectivity index is 2.18. The highest BCUT2D eigenvalue weighted by Crippen LogP contribution is 2.27. The molecule has 1 aliphatic heterocycles. The molecule has 1 heterocycles. The smallest absolute Gasteiger partial charge is 0.236 e. The number of hydrogen-bond acceptors (Lipinski definition) is 3. The van der Waals surface area contributed by atoms with E-state index in [4.69, 9.17) is 16.7 Å². The maximum Gasteiger partial charge on any atom is 0.236 e. The number of aliphatic hydroxyl groups excluding tert-OH is 1. The summed E-state index contributed by atoms with van der Waals surface area (Å²) in [5.41, 5.74) is 3.74. The van der Waals surface area contributed by atoms with Crippen LogP contribution in [0.4, 0.5) is 0 Å². The van der Waals surface area contributed by atoms with Crippen LogP contribution in [-0.4, -0.2) is 29.2 Å². The number of hydrazine groups is 1. The van der Waals surface area contributed by atoms with E-state index in [9.17, 15) is 4.79 Å². The van der Waals surface area contributed by atoms with Gasteiger partial charge >= 0.3 is 0 Å². The van der Waals surface area contributed by atoms with Gasteiger partial charge in [-0.3, -0.25) is 10.2 Å². The minimum absolute atomic E-state index is 0.0167. The molecule has 0 spiro atoms. The molecule has 1 aliphatic rings. The maximum atomic E-state index is 11.3. The highest BCUT2D eigenvalue weighted by atomic mass is 35.5. The number of nitrogens with one attached hydrogen (secondary N) is 1. The van der Waals surface area contributed by atoms with Crippen molar-refractivity contribution < 1.29 is 9.90 Å². The van der Waals surface area contributed by atoms with E-state index in [1.165, 1.54) is 0 Å². The second-order valence-corrected chi connectivity index (χ2v) is 4.16. The number of hydrogen-bond donors (Lipinski definition) is 2. The SMILES string of the molecule is O=C1CC(c2ccc(Cl)cc2)N(CCO)N1. The summed E-state index contributed by atoms with van der Waals surface area (Å²) in [4.78, 5) is 11.3. The van der Waals surface area contributed by atoms with Crippen LogP contribution >= 0.6 is 11.6 Å². The van der Waals surface area contributed by atoms with Gasteiger partial charge in [0, 0.05) is 18.0 Å². The average Bonchev–Trinajstić information content (AvgIpc) is 2.61. The number of carbonyl (C=O) groups is 1. The monoisotopic (exact) mass is 240 g/mol. The Morgan fingerprint density at radius 2 is 2.12 bits per heavy atom. The lowest BCUT2D eigenvalue weighted by molar-refractivity contribution is -0.121. The first-order chi connectivity index (χ1) is 7.70. The van der Waals surface area contributed by atoms with Crippen LogP contribution in [0, 0.1) is 0 Å². The van der Waals surface area contributed by atoms with E-state index < -0.39 is 0 Å². The summed E-state index contributed by atoms with van der Waals surface area (Å²) >= 11 is 5.81. The lowest BCUT2D eigenvalue weighted by Gasteiger charge is -2.22. The summed E-state index contributed by atoms with van der Waals surface area (Å²) in [5.74, 6) is -0.0200. The second kappa shape index (κ2) is 4.82. The molecule has 0 saturated carbocycles. The van der Waals surface area contributed by atoms with Crippen LogP contribution in [-0.2, 0) is 4.79 Å². The minimum Gasteiger partial charge on any atom is -0.395 e. The normalized spacial score (nSPS) is 21.1. The van der Waals surface area contributed by atoms with Crippen LogP contribution in [0.3, 0.4) is 0 Å². The van der Waals surface area contributed by atoms with Gasteiger partial charge in [-0.15, -0.1) is 0 Å². The molecule has 0 radical (unpaired) electrons. The van der Waals surface area contributed by atoms with E-state index in [2.05, 4.69) is 5.43 Å². The number of rotatable bonds is 3. The molecule has 5 heteroatoms. The van der Waals surface area contributed by atoms with Crippen molar-refractivity contribution in [1.82, 2.24) is 10.4 Å². The van der Waals surface area contributed by atoms with E-state index in [0.29, 0.717) is 18.0 Å². The van der Waals surface area contributed by atoms with Crippen molar-refractivity contribution in [2.24, 2.45) is 0 Å². The van der Waals surface area contributed by atoms with Crippen LogP contribution in [0.25, 0.3) is 0 Å². The highest BCUT2D eigenvalue weighted by molar-refractivity contribution is 6.30. The van der Waals surface area contributed by atoms with Gasteiger partial charge in [-0.25, -0.2) is 5.01 Å². The summed E-state index contributed by atoms with van der Waals surface area (Å²) < 4.78 is 0. The number of aliphatic hydroxyl groups is 1. The summed E-state index contributed by atoms with van der Waals surface area (Å²) in [6, 6.07) is 7.39. The molecule has 1 unspecified atom stereocenters. The third-order valence-electron chi connectivity index (χ3n) is 2.62. The van der Waals surface area contributed by atoms with Crippen LogP contribution in [0.5, 0.6) is 0 Å². The third-order valence-corrected chi connectivity index (χ3v) is 2.87. The summed E-state index contributed by atoms with van der Waals surface area (Å²) in [7, 11) is 0. The average molecular weight is 241 g/mol. The van der Waals surface area contributed by atoms with Gasteiger partial charge in [0.2, 0.25) is 5.91 Å². The zero-order valence-electron chi connectivity index (χ0n) is 8.69. The molecule has 0 aliphatic carbocycles. The Hall–Kier alpha value is -1.10. The van der Waals surface area contributed by atoms with Crippen molar-refractivity contribution in [2.75, 3.05) is 13.2 Å². The maximum absolute atomic E-state index is 11.3. The number of halogens is 1. The summed E-state index contributed by atoms with van der Waals surface area (Å²) in [6.07, 6.45) is 0.418. The van der Waals surface area contributed by atoms with Crippen LogP contribution in [0.2, 0.25) is 5.02 Å². The van der Waals surface area contributed by atoms with Crippen molar-refractivity contribution in [2.45, 2.75) is 12.5 Å². The number of carbonyl (C=O) groups excluding carboxylic acids is 1. The fourth-order valence-corrected chi connectivity index (χ4v) is 2.00. The Kier molecular flexibility index (Phi) is 3.43. The molecule has 2 rings (SSSR count). The van der Waals surface area contributed by atoms with Crippen molar-refractivity contribution in [3.63, 3.8) is 0 Å². The first kappa shape index (κ1) is 11.4. The molecule has 4 nitrogen and oxygen atoms in total. The molecule has 2 N–H and O–H groups in total. The van der Waals surface area contributed by atoms with Gasteiger partial charge in [0.25, 0.3) is 0 Å². The Labute approximate surface area is 98.8 Å². The molecule has 1 aromatic rings. The Morgan fingerprint density at radius 3 is 2.75 bits per heavy atom. The van der Waals surface area contributed by atoms with E-state index in [0.717, 1.165) is 5.56 Å². The van der Waals surface area contributed by atoms with Crippen molar-refractivity contribution in [1.29, 1.82) is 0 Å². The quantitative estimate of drug-likeness (QED) is 0.832. The molecule has 0 aromatic heterocycles. The fraction of sp³-hybridized carbons (Fsp3) is 0.364. The predicted octanol–water partition coefficient (Wildman–Crippen LogP) is 1.11. The molecule has 1 atom stereocenters. The third kappa shape index (κ3) is 2.35. The van der Waals surface area contributed by atoms with Gasteiger partial charge in [0.1, 0.15) is 0 Å². The van der Waals surface area contributed by atoms with Gasteiger partial charge in [0.15, 0.2) is 0 Å². The summed E-state index contributed by atoms with van der Waals surface area (Å²) in [6.45, 7) is 0.448. The predicted molar refractivity (Wildman–Crippen MR) is 60.7 cm³/mol. The zero-order chi connectivity index (χ0) is 11.5. The number of amides is 1. The molecular weight excluding hydrogens is 228 g/mol. The lowest BCUT2D eigenvalue weighted by atomic mass is 10.0. The van der Waals surface area contributed by atoms with E-state index in [1.54, 1.807) is 17.1 Å². The lowest BCUT2D eigenvalue weighted by Crippen LogP contribution is -2.36. The molecule has 1 saturated heterocycles. The molecule has 1 amide bonds. The first-order valence-electron chi connectivity index (χ1n) is 5.13. The summed E-state index contributed by atoms with van der Waals surface area (Å²) in [5, 5.41) is 11.3. The first-order valence-corrected chi connectivity index (χ1v) is 5.51. The van der Waals surface area contributed by atoms with E-state index >= 15 is 0 Å². The Morgan fingerprint density at radius 1 is 1.44 bits per heavy atom. The molecular formula is C11H13ClN2O2. The van der Waals surface area contributed by atoms with Gasteiger partial charge in [-0.05, 0) is 17.7 Å². The van der Waals surface area contributed by atoms with Crippen molar-refractivity contribution >= 4 is 17.5 Å². The number of β-amino-alcohol motifs (C(OH)–C–C–N with tert-alkyl or cyclic N) is 1. The van der Waals surface area contributed by atoms with E-state index in [-0.39, 0.29) is 18.6 Å². The number of benzene rings is 1. The van der Waals surface area contributed by atoms with Crippen LogP contribution in [0.1, 0.15) is 18.0 Å². The topological polar surface area (TPSA) is 52.6 Å². The molecule has 1 aromatic carbocycles. The van der Waals surface area contributed by atoms with Gasteiger partial charge < -0.3 is 5.11 Å². The Bertz CT molecular complexity index is 380. The molecule has 0 bridgehead atoms. The molecule has 1 fully saturated rings. The van der Waals surface area contributed by atoms with Gasteiger partial charge in [-0.1, -0.05) is 23.7 Å². The van der Waals surface area contributed by atoms with Crippen molar-refractivity contribution in [3.05, 3.63) is 34.9 Å². The fourth-order valence-electron chi connectivity index (χ4n) is 1.87. The number of nitrogens with zero attached hydrogens (tertiary/aromatic N) is 1. The minimum atomic E-state index is -0.0200. The van der Waals surface area contributed by atoms with E-state index in [1.807, 2.05) is 12.1 Å². The van der Waals surface area contributed by atoms with Crippen LogP contribution in [0.15, 0.2) is 24.3 Å². The molecule has 86 valence electrons.